The van der Waals surface area contributed by atoms with Gasteiger partial charge in [0.15, 0.2) is 23.0 Å². The monoisotopic (exact) mass is 1480 g/mol. The van der Waals surface area contributed by atoms with Gasteiger partial charge in [-0.1, -0.05) is 40.3 Å². The Balaban J connectivity index is 0.000000176. The van der Waals surface area contributed by atoms with E-state index in [2.05, 4.69) is 46.4 Å². The van der Waals surface area contributed by atoms with Gasteiger partial charge in [-0.2, -0.15) is 20.4 Å². The van der Waals surface area contributed by atoms with E-state index in [4.69, 9.17) is 20.9 Å². The highest BCUT2D eigenvalue weighted by atomic mass is 16.5. The number of azo groups is 2. The molecule has 6 N–H and O–H groups in total. The van der Waals surface area contributed by atoms with Crippen LogP contribution in [0.5, 0.6) is 11.5 Å². The van der Waals surface area contributed by atoms with E-state index in [1.165, 1.54) is 14.0 Å². The number of anilines is 6. The van der Waals surface area contributed by atoms with Crippen LogP contribution in [0.15, 0.2) is 209 Å². The number of amides is 8. The van der Waals surface area contributed by atoms with E-state index < -0.39 is 11.8 Å². The van der Waals surface area contributed by atoms with E-state index >= 15 is 0 Å². The van der Waals surface area contributed by atoms with Gasteiger partial charge in [-0.05, 0) is 197 Å². The summed E-state index contributed by atoms with van der Waals surface area (Å²) in [7, 11) is 3.14. The van der Waals surface area contributed by atoms with Gasteiger partial charge in [0.25, 0.3) is 35.4 Å². The first-order valence-electron chi connectivity index (χ1n) is 35.1. The Morgan fingerprint density at radius 2 is 0.685 bits per heavy atom. The molecular formula is C80H68N20O11. The molecule has 0 saturated heterocycles. The zero-order chi connectivity index (χ0) is 77.3. The maximum absolute atomic E-state index is 13.9. The number of rotatable bonds is 20. The first-order chi connectivity index (χ1) is 53.9. The summed E-state index contributed by atoms with van der Waals surface area (Å²) >= 11 is 0. The average molecular weight is 1490 g/mol. The Hall–Kier alpha value is -15.0. The molecule has 0 aliphatic carbocycles. The van der Waals surface area contributed by atoms with E-state index in [1.54, 1.807) is 184 Å². The van der Waals surface area contributed by atoms with Crippen LogP contribution in [0.25, 0.3) is 22.7 Å². The van der Waals surface area contributed by atoms with E-state index in [0.717, 1.165) is 11.1 Å². The topological polar surface area (TPSA) is 379 Å². The summed E-state index contributed by atoms with van der Waals surface area (Å²) in [6.07, 6.45) is 2.79. The minimum absolute atomic E-state index is 0.0663. The van der Waals surface area contributed by atoms with Crippen molar-refractivity contribution in [3.8, 4) is 34.2 Å². The number of nitrogens with two attached hydrogens (primary N) is 2. The molecule has 8 amide bonds. The zero-order valence-electron chi connectivity index (χ0n) is 60.1. The number of aryl methyl sites for hydroxylation is 2. The molecule has 8 heterocycles. The molecule has 0 bridgehead atoms. The van der Waals surface area contributed by atoms with Crippen molar-refractivity contribution in [2.24, 2.45) is 26.8 Å². The number of nitrogens with zero attached hydrogens (tertiary/aromatic N) is 16. The lowest BCUT2D eigenvalue weighted by Gasteiger charge is -2.27. The highest BCUT2D eigenvalue weighted by Crippen LogP contribution is 2.38. The third kappa shape index (κ3) is 13.8. The Morgan fingerprint density at radius 1 is 0.405 bits per heavy atom. The minimum atomic E-state index is -0.706. The van der Waals surface area contributed by atoms with Crippen molar-refractivity contribution >= 4 is 105 Å². The third-order valence-electron chi connectivity index (χ3n) is 19.5. The summed E-state index contributed by atoms with van der Waals surface area (Å²) in [5.41, 5.74) is 23.9. The second-order valence-electron chi connectivity index (χ2n) is 26.1. The summed E-state index contributed by atoms with van der Waals surface area (Å²) in [5, 5.41) is 49.3. The number of primary amides is 2. The lowest BCUT2D eigenvalue weighted by Crippen LogP contribution is -2.39. The molecule has 31 nitrogen and oxygen atoms in total. The Kier molecular flexibility index (Phi) is 19.4. The summed E-state index contributed by atoms with van der Waals surface area (Å²) < 4.78 is 16.5. The molecule has 0 saturated carbocycles. The Labute approximate surface area is 632 Å². The van der Waals surface area contributed by atoms with Gasteiger partial charge in [-0.15, -0.1) is 10.2 Å². The smallest absolute Gasteiger partial charge is 0.277 e. The largest absolute Gasteiger partial charge is 0.594 e. The van der Waals surface area contributed by atoms with Crippen molar-refractivity contribution in [2.45, 2.75) is 39.5 Å². The van der Waals surface area contributed by atoms with Crippen LogP contribution >= 0.6 is 0 Å². The van der Waals surface area contributed by atoms with E-state index in [-0.39, 0.29) is 52.9 Å². The molecule has 4 aromatic heterocycles. The second kappa shape index (κ2) is 30.1. The van der Waals surface area contributed by atoms with Gasteiger partial charge in [0.05, 0.1) is 48.3 Å². The first-order valence-corrected chi connectivity index (χ1v) is 35.1. The van der Waals surface area contributed by atoms with Gasteiger partial charge in [-0.25, -0.2) is 18.7 Å². The normalized spacial score (nSPS) is 13.9. The van der Waals surface area contributed by atoms with Crippen LogP contribution in [-0.2, 0) is 35.3 Å². The van der Waals surface area contributed by atoms with Crippen molar-refractivity contribution in [1.29, 1.82) is 0 Å². The fraction of sp³-hybridized carbons (Fsp3) is 0.150. The number of carbonyl (C=O) groups is 8. The van der Waals surface area contributed by atoms with Crippen molar-refractivity contribution < 1.29 is 52.7 Å². The van der Waals surface area contributed by atoms with Crippen molar-refractivity contribution in [3.63, 3.8) is 0 Å². The van der Waals surface area contributed by atoms with Crippen LogP contribution in [0.1, 0.15) is 96.3 Å². The molecule has 4 aliphatic heterocycles. The SMILES string of the molecule is COc1ccc(-n2nc(NC=O)c3c2C(=O)N(c2ccc(N=Nc4ccc(N5CCc6c(C(N)=O)nn(-c7ccc(C)cc7)c6C5=O)cc4)cc2)CC3)cc1.COc1ccc(-n2nc(NC=O)c3c2C(=O)N(c2ccc(N=[N+]([O-])c4ccc(N5CCc6c(C(N)=O)nn(-c7ccc(C)cc7)c6C5=O)cc4)cc2)CC3)cc1. The predicted molar refractivity (Wildman–Crippen MR) is 410 cm³/mol. The highest BCUT2D eigenvalue weighted by molar-refractivity contribution is 6.12. The number of benzene rings is 8. The highest BCUT2D eigenvalue weighted by Gasteiger charge is 2.39. The summed E-state index contributed by atoms with van der Waals surface area (Å²) in [4.78, 5) is 110. The number of fused-ring (bicyclic) bond motifs is 4. The zero-order valence-corrected chi connectivity index (χ0v) is 60.1. The molecule has 12 aromatic rings. The minimum Gasteiger partial charge on any atom is -0.594 e. The molecule has 0 radical (unpaired) electrons. The fourth-order valence-corrected chi connectivity index (χ4v) is 13.9. The van der Waals surface area contributed by atoms with E-state index in [9.17, 15) is 43.6 Å². The Morgan fingerprint density at radius 3 is 1.00 bits per heavy atom. The molecule has 111 heavy (non-hydrogen) atoms. The predicted octanol–water partition coefficient (Wildman–Crippen LogP) is 11.2. The van der Waals surface area contributed by atoms with Crippen LogP contribution in [0.4, 0.5) is 57.1 Å². The molecular weight excluding hydrogens is 1420 g/mol. The Bertz CT molecular complexity index is 5730. The standard InChI is InChI=1S/C40H34N10O6.C40H34N10O5/c1-24-3-7-28(8-4-24)48-35-32(34(44-48)37(41)52)19-21-46(39(35)53)27-11-13-30(14-12-27)50(55)43-25-5-9-26(10-6-25)47-22-20-33-36(40(47)54)49(45-38(33)42-23-51)29-15-17-31(56-2)18-16-29;1-24-3-9-29(10-4-24)49-35-32(34(45-49)37(41)52)19-21-47(39(35)53)27-11-5-25(6-12-27)43-44-26-7-13-28(14-8-26)48-22-20-33-36(40(48)54)50(46-38(33)42-23-51)30-15-17-31(55-2)18-16-30/h3-18,23H,19-22H2,1-2H3,(H2,41,52)(H,42,45,51);3-18,23H,19-22H2,1-2H3,(H2,41,52)(H,42,46,51). The number of carbonyl (C=O) groups excluding carboxylic acids is 8. The van der Waals surface area contributed by atoms with Gasteiger partial charge in [0.1, 0.15) is 40.0 Å². The van der Waals surface area contributed by atoms with Crippen LogP contribution in [-0.4, -0.2) is 133 Å². The van der Waals surface area contributed by atoms with Gasteiger partial charge in [0.2, 0.25) is 18.5 Å². The van der Waals surface area contributed by atoms with Crippen LogP contribution in [0, 0.1) is 19.1 Å². The molecule has 31 heteroatoms. The third-order valence-corrected chi connectivity index (χ3v) is 19.5. The average Bonchev–Trinajstić information content (AvgIpc) is 1.64. The van der Waals surface area contributed by atoms with Gasteiger partial charge >= 0.3 is 0 Å². The molecule has 0 fully saturated rings. The molecule has 16 rings (SSSR count). The van der Waals surface area contributed by atoms with Crippen molar-refractivity contribution in [1.82, 2.24) is 39.1 Å². The number of methoxy groups -OCH3 is 2. The molecule has 554 valence electrons. The van der Waals surface area contributed by atoms with Gasteiger partial charge in [-0.3, -0.25) is 38.4 Å². The van der Waals surface area contributed by atoms with Crippen LogP contribution in [0.2, 0.25) is 0 Å². The lowest BCUT2D eigenvalue weighted by molar-refractivity contribution is -0.435. The summed E-state index contributed by atoms with van der Waals surface area (Å²) in [6.45, 7) is 5.27. The maximum Gasteiger partial charge on any atom is 0.277 e. The lowest BCUT2D eigenvalue weighted by atomic mass is 10.0. The molecule has 0 atom stereocenters. The molecule has 0 spiro atoms. The number of ether oxygens (including phenoxy) is 2. The molecule has 8 aromatic carbocycles. The number of nitrogens with one attached hydrogen (secondary N) is 2. The number of hydrogen-bond acceptors (Lipinski definition) is 18. The first kappa shape index (κ1) is 71.6. The quantitative estimate of drug-likeness (QED) is 0.0238. The van der Waals surface area contributed by atoms with Crippen molar-refractivity contribution in [2.75, 3.05) is 70.6 Å². The van der Waals surface area contributed by atoms with E-state index in [1.807, 2.05) is 62.4 Å². The van der Waals surface area contributed by atoms with Gasteiger partial charge < -0.3 is 56.4 Å². The maximum atomic E-state index is 13.9. The van der Waals surface area contributed by atoms with Crippen LogP contribution < -0.4 is 51.2 Å². The summed E-state index contributed by atoms with van der Waals surface area (Å²) in [5.74, 6) is -0.613. The van der Waals surface area contributed by atoms with Crippen molar-refractivity contribution in [3.05, 3.63) is 267 Å². The second-order valence-corrected chi connectivity index (χ2v) is 26.1. The van der Waals surface area contributed by atoms with Crippen LogP contribution in [0.3, 0.4) is 0 Å². The molecule has 4 aliphatic rings. The molecule has 0 unspecified atom stereocenters. The number of hydrogen-bond donors (Lipinski definition) is 4. The van der Waals surface area contributed by atoms with E-state index in [0.29, 0.717) is 188 Å². The fourth-order valence-electron chi connectivity index (χ4n) is 13.9. The summed E-state index contributed by atoms with van der Waals surface area (Å²) in [6, 6.07) is 56.6. The number of aromatic nitrogens is 8. The van der Waals surface area contributed by atoms with Gasteiger partial charge in [0, 0.05) is 88.4 Å².